The number of anilines is 1. The number of halogens is 3. The average molecular weight is 676 g/mol. The lowest BCUT2D eigenvalue weighted by Gasteiger charge is -2.34. The van der Waals surface area contributed by atoms with E-state index in [0.29, 0.717) is 52.9 Å². The van der Waals surface area contributed by atoms with E-state index in [0.717, 1.165) is 37.0 Å². The van der Waals surface area contributed by atoms with Crippen LogP contribution >= 0.6 is 11.6 Å². The highest BCUT2D eigenvalue weighted by Crippen LogP contribution is 2.34. The monoisotopic (exact) mass is 675 g/mol. The van der Waals surface area contributed by atoms with E-state index >= 15 is 0 Å². The standard InChI is InChI=1S/C36H36ClF2N5O4/c1-22(2)21-47-36(46)43-12-10-42(11-13-43)19-24-4-7-29(8-5-24)40-35(45)32-14-23(3)44(41-32)20-26-16-27(37)15-25-17-33(48-34(25)26)30-9-6-28(38)18-31(30)39/h4-9,14-18,22H,10-13,19-21H2,1-3H3,(H,40,45). The predicted octanol–water partition coefficient (Wildman–Crippen LogP) is 7.75. The van der Waals surface area contributed by atoms with E-state index in [-0.39, 0.29) is 35.6 Å². The summed E-state index contributed by atoms with van der Waals surface area (Å²) in [6.45, 7) is 10.0. The Bertz CT molecular complexity index is 1950. The van der Waals surface area contributed by atoms with E-state index in [1.54, 1.807) is 33.8 Å². The maximum absolute atomic E-state index is 14.5. The van der Waals surface area contributed by atoms with E-state index < -0.39 is 11.6 Å². The van der Waals surface area contributed by atoms with E-state index in [1.807, 2.05) is 45.0 Å². The number of rotatable bonds is 9. The molecule has 1 aliphatic rings. The van der Waals surface area contributed by atoms with Gasteiger partial charge in [0.25, 0.3) is 5.91 Å². The summed E-state index contributed by atoms with van der Waals surface area (Å²) in [6, 6.07) is 17.8. The number of hydrogen-bond acceptors (Lipinski definition) is 6. The number of aryl methyl sites for hydroxylation is 1. The Balaban J connectivity index is 1.07. The van der Waals surface area contributed by atoms with Gasteiger partial charge in [-0.25, -0.2) is 13.6 Å². The van der Waals surface area contributed by atoms with E-state index in [9.17, 15) is 18.4 Å². The molecule has 1 fully saturated rings. The van der Waals surface area contributed by atoms with Crippen molar-refractivity contribution in [2.45, 2.75) is 33.9 Å². The minimum Gasteiger partial charge on any atom is -0.456 e. The Morgan fingerprint density at radius 2 is 1.73 bits per heavy atom. The van der Waals surface area contributed by atoms with Crippen molar-refractivity contribution in [2.24, 2.45) is 5.92 Å². The molecule has 0 radical (unpaired) electrons. The van der Waals surface area contributed by atoms with E-state index in [4.69, 9.17) is 20.8 Å². The van der Waals surface area contributed by atoms with Gasteiger partial charge >= 0.3 is 6.09 Å². The number of benzene rings is 3. The molecule has 0 bridgehead atoms. The molecule has 1 aliphatic heterocycles. The molecule has 0 saturated carbocycles. The van der Waals surface area contributed by atoms with Crippen molar-refractivity contribution in [1.29, 1.82) is 0 Å². The summed E-state index contributed by atoms with van der Waals surface area (Å²) in [4.78, 5) is 29.4. The summed E-state index contributed by atoms with van der Waals surface area (Å²) in [5.41, 5.74) is 4.04. The molecule has 3 aromatic carbocycles. The molecule has 1 N–H and O–H groups in total. The van der Waals surface area contributed by atoms with Gasteiger partial charge in [0.05, 0.1) is 18.7 Å². The van der Waals surface area contributed by atoms with Crippen LogP contribution in [0, 0.1) is 24.5 Å². The lowest BCUT2D eigenvalue weighted by molar-refractivity contribution is 0.0676. The summed E-state index contributed by atoms with van der Waals surface area (Å²) in [7, 11) is 0. The van der Waals surface area contributed by atoms with Crippen LogP contribution < -0.4 is 5.32 Å². The topological polar surface area (TPSA) is 92.8 Å². The van der Waals surface area contributed by atoms with Crippen LogP contribution in [-0.2, 0) is 17.8 Å². The van der Waals surface area contributed by atoms with Crippen molar-refractivity contribution < 1.29 is 27.5 Å². The molecule has 0 atom stereocenters. The second kappa shape index (κ2) is 14.2. The second-order valence-corrected chi connectivity index (χ2v) is 12.9. The van der Waals surface area contributed by atoms with Crippen LogP contribution in [0.3, 0.4) is 0 Å². The number of hydrogen-bond donors (Lipinski definition) is 1. The lowest BCUT2D eigenvalue weighted by atomic mass is 10.1. The smallest absolute Gasteiger partial charge is 0.409 e. The first-order valence-electron chi connectivity index (χ1n) is 15.8. The molecule has 2 amide bonds. The van der Waals surface area contributed by atoms with Gasteiger partial charge in [-0.05, 0) is 66.9 Å². The Kier molecular flexibility index (Phi) is 9.79. The van der Waals surface area contributed by atoms with Gasteiger partial charge in [0.2, 0.25) is 0 Å². The number of carbonyl (C=O) groups excluding carboxylic acids is 2. The van der Waals surface area contributed by atoms with Crippen LogP contribution in [0.5, 0.6) is 0 Å². The molecular formula is C36H36ClF2N5O4. The van der Waals surface area contributed by atoms with Crippen molar-refractivity contribution in [1.82, 2.24) is 19.6 Å². The molecule has 6 rings (SSSR count). The second-order valence-electron chi connectivity index (χ2n) is 12.4. The summed E-state index contributed by atoms with van der Waals surface area (Å²) < 4.78 is 41.0. The van der Waals surface area contributed by atoms with Crippen molar-refractivity contribution in [3.05, 3.63) is 106 Å². The van der Waals surface area contributed by atoms with Crippen molar-refractivity contribution in [3.8, 4) is 11.3 Å². The van der Waals surface area contributed by atoms with Gasteiger partial charge in [-0.1, -0.05) is 37.6 Å². The fourth-order valence-corrected chi connectivity index (χ4v) is 5.88. The van der Waals surface area contributed by atoms with E-state index in [2.05, 4.69) is 15.3 Å². The summed E-state index contributed by atoms with van der Waals surface area (Å²) in [5.74, 6) is -1.21. The minimum atomic E-state index is -0.731. The third-order valence-corrected chi connectivity index (χ3v) is 8.40. The average Bonchev–Trinajstić information content (AvgIpc) is 3.64. The van der Waals surface area contributed by atoms with Gasteiger partial charge < -0.3 is 19.4 Å². The molecule has 0 spiro atoms. The van der Waals surface area contributed by atoms with Gasteiger partial charge in [-0.15, -0.1) is 0 Å². The van der Waals surface area contributed by atoms with Crippen LogP contribution in [0.15, 0.2) is 71.1 Å². The Hall–Kier alpha value is -4.74. The number of aromatic nitrogens is 2. The molecule has 3 heterocycles. The molecule has 5 aromatic rings. The van der Waals surface area contributed by atoms with Crippen molar-refractivity contribution in [3.63, 3.8) is 0 Å². The minimum absolute atomic E-state index is 0.135. The van der Waals surface area contributed by atoms with Gasteiger partial charge in [0, 0.05) is 66.1 Å². The van der Waals surface area contributed by atoms with Crippen LogP contribution in [0.4, 0.5) is 19.3 Å². The summed E-state index contributed by atoms with van der Waals surface area (Å²) in [5, 5.41) is 8.56. The first-order valence-corrected chi connectivity index (χ1v) is 16.2. The maximum Gasteiger partial charge on any atom is 0.409 e. The largest absolute Gasteiger partial charge is 0.456 e. The molecular weight excluding hydrogens is 640 g/mol. The van der Waals surface area contributed by atoms with E-state index in [1.165, 1.54) is 12.1 Å². The zero-order valence-corrected chi connectivity index (χ0v) is 27.7. The molecule has 12 heteroatoms. The number of furan rings is 1. The zero-order chi connectivity index (χ0) is 33.9. The number of nitrogens with zero attached hydrogens (tertiary/aromatic N) is 4. The fraction of sp³-hybridized carbons (Fsp3) is 0.306. The highest BCUT2D eigenvalue weighted by atomic mass is 35.5. The number of ether oxygens (including phenoxy) is 1. The van der Waals surface area contributed by atoms with Gasteiger partial charge in [0.1, 0.15) is 23.0 Å². The van der Waals surface area contributed by atoms with Crippen molar-refractivity contribution in [2.75, 3.05) is 38.1 Å². The van der Waals surface area contributed by atoms with Gasteiger partial charge in [0.15, 0.2) is 5.69 Å². The number of fused-ring (bicyclic) bond motifs is 1. The zero-order valence-electron chi connectivity index (χ0n) is 26.9. The van der Waals surface area contributed by atoms with Gasteiger partial charge in [-0.3, -0.25) is 14.4 Å². The molecule has 1 saturated heterocycles. The Morgan fingerprint density at radius 1 is 0.979 bits per heavy atom. The maximum atomic E-state index is 14.5. The quantitative estimate of drug-likeness (QED) is 0.172. The molecule has 48 heavy (non-hydrogen) atoms. The lowest BCUT2D eigenvalue weighted by Crippen LogP contribution is -2.48. The number of amides is 2. The summed E-state index contributed by atoms with van der Waals surface area (Å²) >= 11 is 6.40. The molecule has 250 valence electrons. The summed E-state index contributed by atoms with van der Waals surface area (Å²) in [6.07, 6.45) is -0.252. The molecule has 9 nitrogen and oxygen atoms in total. The Morgan fingerprint density at radius 3 is 2.44 bits per heavy atom. The Labute approximate surface area is 282 Å². The SMILES string of the molecule is Cc1cc(C(=O)Nc2ccc(CN3CCN(C(=O)OCC(C)C)CC3)cc2)nn1Cc1cc(Cl)cc2cc(-c3ccc(F)cc3F)oc12. The first-order chi connectivity index (χ1) is 23.0. The van der Waals surface area contributed by atoms with Gasteiger partial charge in [-0.2, -0.15) is 5.10 Å². The predicted molar refractivity (Wildman–Crippen MR) is 180 cm³/mol. The number of piperazine rings is 1. The third-order valence-electron chi connectivity index (χ3n) is 8.18. The van der Waals surface area contributed by atoms with Crippen molar-refractivity contribution >= 4 is 40.3 Å². The van der Waals surface area contributed by atoms with Crippen LogP contribution in [0.2, 0.25) is 5.02 Å². The highest BCUT2D eigenvalue weighted by molar-refractivity contribution is 6.31. The number of carbonyl (C=O) groups is 2. The molecule has 0 unspecified atom stereocenters. The van der Waals surface area contributed by atoms with Crippen LogP contribution in [0.1, 0.15) is 41.2 Å². The first kappa shape index (κ1) is 33.2. The number of nitrogens with one attached hydrogen (secondary N) is 1. The molecule has 2 aromatic heterocycles. The fourth-order valence-electron chi connectivity index (χ4n) is 5.63. The third kappa shape index (κ3) is 7.69. The normalized spacial score (nSPS) is 13.8. The highest BCUT2D eigenvalue weighted by Gasteiger charge is 2.23. The van der Waals surface area contributed by atoms with Crippen LogP contribution in [-0.4, -0.2) is 64.4 Å². The van der Waals surface area contributed by atoms with Crippen LogP contribution in [0.25, 0.3) is 22.3 Å². The molecule has 0 aliphatic carbocycles.